The van der Waals surface area contributed by atoms with Crippen LogP contribution in [-0.2, 0) is 13.6 Å². The van der Waals surface area contributed by atoms with Gasteiger partial charge < -0.3 is 5.32 Å². The summed E-state index contributed by atoms with van der Waals surface area (Å²) < 4.78 is 1.88. The molecule has 1 fully saturated rings. The minimum atomic E-state index is 0.301. The number of nitrogens with zero attached hydrogens (tertiary/aromatic N) is 3. The van der Waals surface area contributed by atoms with Crippen molar-refractivity contribution in [3.05, 3.63) is 18.0 Å². The van der Waals surface area contributed by atoms with Crippen LogP contribution in [0.3, 0.4) is 0 Å². The van der Waals surface area contributed by atoms with Gasteiger partial charge in [0, 0.05) is 50.5 Å². The number of nitrogens with one attached hydrogen (secondary N) is 1. The molecule has 0 spiro atoms. The summed E-state index contributed by atoms with van der Waals surface area (Å²) in [5.74, 6) is 0. The number of rotatable bonds is 2. The van der Waals surface area contributed by atoms with Gasteiger partial charge in [0.1, 0.15) is 0 Å². The molecule has 2 rings (SSSR count). The minimum absolute atomic E-state index is 0.301. The Balaban J connectivity index is 2.10. The van der Waals surface area contributed by atoms with Crippen molar-refractivity contribution >= 4 is 0 Å². The normalized spacial score (nSPS) is 26.5. The molecule has 0 radical (unpaired) electrons. The maximum atomic E-state index is 4.26. The first-order valence-corrected chi connectivity index (χ1v) is 6.81. The van der Waals surface area contributed by atoms with E-state index < -0.39 is 0 Å². The molecule has 0 aromatic carbocycles. The lowest BCUT2D eigenvalue weighted by molar-refractivity contribution is 0.0526. The third-order valence-electron chi connectivity index (χ3n) is 3.75. The SMILES string of the molecule is CC1CN(Cc2cnn(C)c2)C(C(C)(C)C)CN1. The number of piperazine rings is 1. The van der Waals surface area contributed by atoms with E-state index in [9.17, 15) is 0 Å². The summed E-state index contributed by atoms with van der Waals surface area (Å²) in [6, 6.07) is 1.15. The molecule has 102 valence electrons. The minimum Gasteiger partial charge on any atom is -0.311 e. The Morgan fingerprint density at radius 2 is 2.17 bits per heavy atom. The van der Waals surface area contributed by atoms with E-state index in [0.717, 1.165) is 19.6 Å². The molecule has 1 aliphatic heterocycles. The summed E-state index contributed by atoms with van der Waals surface area (Å²) >= 11 is 0. The summed E-state index contributed by atoms with van der Waals surface area (Å²) in [5.41, 5.74) is 1.61. The predicted molar refractivity (Wildman–Crippen MR) is 74.3 cm³/mol. The van der Waals surface area contributed by atoms with Crippen molar-refractivity contribution in [2.45, 2.75) is 46.3 Å². The van der Waals surface area contributed by atoms with Crippen molar-refractivity contribution in [3.8, 4) is 0 Å². The highest BCUT2D eigenvalue weighted by Crippen LogP contribution is 2.27. The molecule has 0 amide bonds. The smallest absolute Gasteiger partial charge is 0.0534 e. The molecule has 0 bridgehead atoms. The lowest BCUT2D eigenvalue weighted by atomic mass is 9.84. The van der Waals surface area contributed by atoms with Gasteiger partial charge in [0.15, 0.2) is 0 Å². The highest BCUT2D eigenvalue weighted by atomic mass is 15.3. The van der Waals surface area contributed by atoms with Gasteiger partial charge in [0.2, 0.25) is 0 Å². The first-order chi connectivity index (χ1) is 8.36. The van der Waals surface area contributed by atoms with Crippen LogP contribution in [0.15, 0.2) is 12.4 Å². The number of aromatic nitrogens is 2. The summed E-state index contributed by atoms with van der Waals surface area (Å²) in [5, 5.41) is 7.86. The van der Waals surface area contributed by atoms with Crippen LogP contribution in [0.5, 0.6) is 0 Å². The molecular weight excluding hydrogens is 224 g/mol. The summed E-state index contributed by atoms with van der Waals surface area (Å²) in [7, 11) is 1.98. The van der Waals surface area contributed by atoms with E-state index in [1.165, 1.54) is 5.56 Å². The van der Waals surface area contributed by atoms with Crippen LogP contribution < -0.4 is 5.32 Å². The largest absolute Gasteiger partial charge is 0.311 e. The first kappa shape index (κ1) is 13.6. The summed E-state index contributed by atoms with van der Waals surface area (Å²) in [4.78, 5) is 2.60. The Hall–Kier alpha value is -0.870. The average molecular weight is 250 g/mol. The fourth-order valence-electron chi connectivity index (χ4n) is 2.80. The fourth-order valence-corrected chi connectivity index (χ4v) is 2.80. The molecule has 1 aromatic rings. The second-order valence-corrected chi connectivity index (χ2v) is 6.64. The van der Waals surface area contributed by atoms with Crippen LogP contribution in [0, 0.1) is 5.41 Å². The summed E-state index contributed by atoms with van der Waals surface area (Å²) in [6.45, 7) is 12.4. The Morgan fingerprint density at radius 1 is 1.44 bits per heavy atom. The molecule has 1 aliphatic rings. The Kier molecular flexibility index (Phi) is 3.78. The van der Waals surface area contributed by atoms with Gasteiger partial charge in [0.25, 0.3) is 0 Å². The number of aryl methyl sites for hydroxylation is 1. The molecule has 2 heterocycles. The monoisotopic (exact) mass is 250 g/mol. The van der Waals surface area contributed by atoms with Crippen LogP contribution in [0.4, 0.5) is 0 Å². The molecule has 0 aliphatic carbocycles. The summed E-state index contributed by atoms with van der Waals surface area (Å²) in [6.07, 6.45) is 4.10. The fraction of sp³-hybridized carbons (Fsp3) is 0.786. The quantitative estimate of drug-likeness (QED) is 0.866. The van der Waals surface area contributed by atoms with Crippen LogP contribution in [0.1, 0.15) is 33.3 Å². The second kappa shape index (κ2) is 5.02. The third-order valence-corrected chi connectivity index (χ3v) is 3.75. The Bertz CT molecular complexity index is 391. The zero-order valence-electron chi connectivity index (χ0n) is 12.3. The molecule has 4 heteroatoms. The first-order valence-electron chi connectivity index (χ1n) is 6.81. The molecule has 1 N–H and O–H groups in total. The zero-order valence-corrected chi connectivity index (χ0v) is 12.3. The van der Waals surface area contributed by atoms with E-state index in [0.29, 0.717) is 17.5 Å². The van der Waals surface area contributed by atoms with Gasteiger partial charge >= 0.3 is 0 Å². The Labute approximate surface area is 110 Å². The lowest BCUT2D eigenvalue weighted by Gasteiger charge is -2.45. The standard InChI is InChI=1S/C14H26N4/c1-11-8-18(10-12-6-16-17(5)9-12)13(7-15-11)14(2,3)4/h6,9,11,13,15H,7-8,10H2,1-5H3. The van der Waals surface area contributed by atoms with E-state index in [-0.39, 0.29) is 0 Å². The van der Waals surface area contributed by atoms with Gasteiger partial charge in [-0.15, -0.1) is 0 Å². The van der Waals surface area contributed by atoms with Gasteiger partial charge in [-0.3, -0.25) is 9.58 Å². The van der Waals surface area contributed by atoms with Crippen LogP contribution in [0.2, 0.25) is 0 Å². The van der Waals surface area contributed by atoms with E-state index in [4.69, 9.17) is 0 Å². The van der Waals surface area contributed by atoms with E-state index in [2.05, 4.69) is 49.2 Å². The van der Waals surface area contributed by atoms with Crippen molar-refractivity contribution in [1.29, 1.82) is 0 Å². The van der Waals surface area contributed by atoms with Gasteiger partial charge in [-0.1, -0.05) is 20.8 Å². The van der Waals surface area contributed by atoms with Crippen LogP contribution in [-0.4, -0.2) is 39.9 Å². The van der Waals surface area contributed by atoms with Gasteiger partial charge in [-0.2, -0.15) is 5.10 Å². The van der Waals surface area contributed by atoms with Crippen molar-refractivity contribution in [1.82, 2.24) is 20.0 Å². The van der Waals surface area contributed by atoms with Gasteiger partial charge in [-0.25, -0.2) is 0 Å². The maximum Gasteiger partial charge on any atom is 0.0534 e. The van der Waals surface area contributed by atoms with Crippen molar-refractivity contribution < 1.29 is 0 Å². The molecule has 18 heavy (non-hydrogen) atoms. The van der Waals surface area contributed by atoms with Crippen molar-refractivity contribution in [2.24, 2.45) is 12.5 Å². The Morgan fingerprint density at radius 3 is 2.72 bits per heavy atom. The van der Waals surface area contributed by atoms with Crippen molar-refractivity contribution in [3.63, 3.8) is 0 Å². The molecule has 1 saturated heterocycles. The topological polar surface area (TPSA) is 33.1 Å². The number of hydrogen-bond acceptors (Lipinski definition) is 3. The highest BCUT2D eigenvalue weighted by Gasteiger charge is 2.34. The van der Waals surface area contributed by atoms with E-state index >= 15 is 0 Å². The number of hydrogen-bond donors (Lipinski definition) is 1. The lowest BCUT2D eigenvalue weighted by Crippen LogP contribution is -2.59. The maximum absolute atomic E-state index is 4.26. The predicted octanol–water partition coefficient (Wildman–Crippen LogP) is 1.63. The van der Waals surface area contributed by atoms with E-state index in [1.54, 1.807) is 0 Å². The molecule has 0 saturated carbocycles. The second-order valence-electron chi connectivity index (χ2n) is 6.64. The zero-order chi connectivity index (χ0) is 13.3. The molecular formula is C14H26N4. The third kappa shape index (κ3) is 3.12. The average Bonchev–Trinajstić information content (AvgIpc) is 2.62. The van der Waals surface area contributed by atoms with Crippen LogP contribution >= 0.6 is 0 Å². The molecule has 2 unspecified atom stereocenters. The molecule has 4 nitrogen and oxygen atoms in total. The molecule has 1 aromatic heterocycles. The van der Waals surface area contributed by atoms with Gasteiger partial charge in [-0.05, 0) is 12.3 Å². The van der Waals surface area contributed by atoms with Gasteiger partial charge in [0.05, 0.1) is 6.20 Å². The van der Waals surface area contributed by atoms with Crippen molar-refractivity contribution in [2.75, 3.05) is 13.1 Å². The van der Waals surface area contributed by atoms with Crippen LogP contribution in [0.25, 0.3) is 0 Å². The van der Waals surface area contributed by atoms with E-state index in [1.807, 2.05) is 17.9 Å². The molecule has 2 atom stereocenters. The highest BCUT2D eigenvalue weighted by molar-refractivity contribution is 5.05.